The van der Waals surface area contributed by atoms with Crippen molar-refractivity contribution in [2.24, 2.45) is 0 Å². The van der Waals surface area contributed by atoms with Crippen molar-refractivity contribution in [3.63, 3.8) is 0 Å². The van der Waals surface area contributed by atoms with Gasteiger partial charge in [-0.25, -0.2) is 0 Å². The summed E-state index contributed by atoms with van der Waals surface area (Å²) in [6, 6.07) is 109. The van der Waals surface area contributed by atoms with Crippen LogP contribution >= 0.6 is 0 Å². The summed E-state index contributed by atoms with van der Waals surface area (Å²) in [6.45, 7) is 0. The molecule has 1 spiro atoms. The Kier molecular flexibility index (Phi) is 9.20. The van der Waals surface area contributed by atoms with Crippen molar-refractivity contribution in [3.05, 3.63) is 336 Å². The second kappa shape index (κ2) is 16.4. The molecule has 0 fully saturated rings. The van der Waals surface area contributed by atoms with Gasteiger partial charge < -0.3 is 9.47 Å². The molecule has 76 heavy (non-hydrogen) atoms. The Bertz CT molecular complexity index is 4400. The number of aromatic nitrogens is 1. The number of benzene rings is 12. The van der Waals surface area contributed by atoms with Crippen LogP contribution in [0.3, 0.4) is 0 Å². The second-order valence-electron chi connectivity index (χ2n) is 20.7. The van der Waals surface area contributed by atoms with Gasteiger partial charge in [0.2, 0.25) is 0 Å². The fraction of sp³-hybridized carbons (Fsp3) is 0.0270. The van der Waals surface area contributed by atoms with Crippen LogP contribution < -0.4 is 4.90 Å². The minimum atomic E-state index is -0.630. The van der Waals surface area contributed by atoms with Gasteiger partial charge in [-0.2, -0.15) is 0 Å². The van der Waals surface area contributed by atoms with E-state index in [9.17, 15) is 0 Å². The zero-order valence-electron chi connectivity index (χ0n) is 41.6. The van der Waals surface area contributed by atoms with Crippen molar-refractivity contribution in [1.29, 1.82) is 0 Å². The van der Waals surface area contributed by atoms with Crippen LogP contribution in [0.15, 0.2) is 291 Å². The molecule has 1 aromatic heterocycles. The van der Waals surface area contributed by atoms with Crippen molar-refractivity contribution in [2.45, 2.75) is 10.8 Å². The van der Waals surface area contributed by atoms with Gasteiger partial charge in [0, 0.05) is 27.7 Å². The summed E-state index contributed by atoms with van der Waals surface area (Å²) in [5.41, 5.74) is 25.8. The summed E-state index contributed by atoms with van der Waals surface area (Å²) < 4.78 is 2.53. The molecule has 0 radical (unpaired) electrons. The number of nitrogens with zero attached hydrogens (tertiary/aromatic N) is 2. The van der Waals surface area contributed by atoms with E-state index >= 15 is 0 Å². The molecule has 2 heteroatoms. The Morgan fingerprint density at radius 1 is 0.289 bits per heavy atom. The average Bonchev–Trinajstić information content (AvgIpc) is 4.31. The van der Waals surface area contributed by atoms with Crippen LogP contribution in [-0.2, 0) is 10.8 Å². The average molecular weight is 965 g/mol. The summed E-state index contributed by atoms with van der Waals surface area (Å²) in [5.74, 6) is 0. The second-order valence-corrected chi connectivity index (χ2v) is 20.7. The van der Waals surface area contributed by atoms with E-state index in [1.165, 1.54) is 117 Å². The zero-order chi connectivity index (χ0) is 50.0. The molecule has 13 aromatic rings. The number of anilines is 3. The summed E-state index contributed by atoms with van der Waals surface area (Å²) in [7, 11) is 0. The topological polar surface area (TPSA) is 8.17 Å². The Labute approximate surface area is 442 Å². The number of fused-ring (bicyclic) bond motifs is 15. The monoisotopic (exact) mass is 964 g/mol. The highest BCUT2D eigenvalue weighted by atomic mass is 15.1. The highest BCUT2D eigenvalue weighted by Crippen LogP contribution is 2.64. The molecule has 16 rings (SSSR count). The van der Waals surface area contributed by atoms with E-state index in [2.05, 4.69) is 301 Å². The van der Waals surface area contributed by atoms with Crippen LogP contribution in [-0.4, -0.2) is 4.57 Å². The molecule has 0 bridgehead atoms. The smallest absolute Gasteiger partial charge is 0.0755 e. The quantitative estimate of drug-likeness (QED) is 0.155. The van der Waals surface area contributed by atoms with Crippen LogP contribution in [0.1, 0.15) is 44.5 Å². The standard InChI is InChI=1S/C74H48N2/c1-5-21-49(22-6-1)51-39-42-55(43-40-51)75(56-44-46-58-57-45-41-52(50-23-7-2-8-24-50)47-66(57)73(67(58)48-56,53-25-9-3-10-26-53)54-27-11-4-12-28-54)70-38-20-34-64-71(70)61-30-13-15-32-62(61)74(64)63-33-16-18-37-69(63)76-68-36-17-14-29-59(68)60-31-19-35-65(74)72(60)76/h1-48H. The lowest BCUT2D eigenvalue weighted by molar-refractivity contribution is 0.748. The molecule has 0 saturated heterocycles. The first kappa shape index (κ1) is 42.7. The van der Waals surface area contributed by atoms with Gasteiger partial charge in [-0.1, -0.05) is 243 Å². The molecule has 3 aliphatic rings. The molecule has 2 heterocycles. The van der Waals surface area contributed by atoms with Crippen LogP contribution in [0.4, 0.5) is 17.1 Å². The number of para-hydroxylation sites is 3. The van der Waals surface area contributed by atoms with E-state index in [1.54, 1.807) is 0 Å². The third-order valence-corrected chi connectivity index (χ3v) is 17.1. The van der Waals surface area contributed by atoms with Crippen LogP contribution in [0.25, 0.3) is 72.0 Å². The number of rotatable bonds is 7. The summed E-state index contributed by atoms with van der Waals surface area (Å²) in [4.78, 5) is 2.55. The zero-order valence-corrected chi connectivity index (χ0v) is 41.6. The maximum Gasteiger partial charge on any atom is 0.0755 e. The van der Waals surface area contributed by atoms with Gasteiger partial charge in [0.1, 0.15) is 0 Å². The Morgan fingerprint density at radius 3 is 1.54 bits per heavy atom. The maximum atomic E-state index is 2.55. The summed E-state index contributed by atoms with van der Waals surface area (Å²) in [6.07, 6.45) is 0. The molecule has 354 valence electrons. The normalized spacial score (nSPS) is 15.0. The van der Waals surface area contributed by atoms with E-state index in [1.807, 2.05) is 0 Å². The van der Waals surface area contributed by atoms with Crippen LogP contribution in [0.5, 0.6) is 0 Å². The van der Waals surface area contributed by atoms with Crippen LogP contribution in [0, 0.1) is 0 Å². The highest BCUT2D eigenvalue weighted by molar-refractivity contribution is 6.13. The fourth-order valence-electron chi connectivity index (χ4n) is 14.1. The summed E-state index contributed by atoms with van der Waals surface area (Å²) in [5, 5.41) is 2.55. The first-order valence-corrected chi connectivity index (χ1v) is 26.5. The van der Waals surface area contributed by atoms with Gasteiger partial charge in [-0.15, -0.1) is 0 Å². The predicted octanol–water partition coefficient (Wildman–Crippen LogP) is 18.6. The summed E-state index contributed by atoms with van der Waals surface area (Å²) >= 11 is 0. The highest BCUT2D eigenvalue weighted by Gasteiger charge is 2.52. The molecule has 2 nitrogen and oxygen atoms in total. The molecule has 0 N–H and O–H groups in total. The molecule has 0 saturated carbocycles. The van der Waals surface area contributed by atoms with Crippen molar-refractivity contribution in [2.75, 3.05) is 4.90 Å². The molecule has 2 aliphatic carbocycles. The van der Waals surface area contributed by atoms with Crippen molar-refractivity contribution in [3.8, 4) is 50.2 Å². The van der Waals surface area contributed by atoms with E-state index < -0.39 is 10.8 Å². The SMILES string of the molecule is c1ccc(-c2ccc(N(c3ccc4c(c3)C(c3ccccc3)(c3ccccc3)c3cc(-c5ccccc5)ccc3-4)c3cccc4c3-c3ccccc3C43c4ccccc4-n4c5ccccc5c5cccc3c54)cc2)cc1. The van der Waals surface area contributed by atoms with E-state index in [0.717, 1.165) is 17.1 Å². The predicted molar refractivity (Wildman–Crippen MR) is 315 cm³/mol. The van der Waals surface area contributed by atoms with E-state index in [-0.39, 0.29) is 0 Å². The Hall–Kier alpha value is -9.76. The van der Waals surface area contributed by atoms with E-state index in [4.69, 9.17) is 0 Å². The minimum Gasteiger partial charge on any atom is -0.310 e. The number of hydrogen-bond acceptors (Lipinski definition) is 1. The van der Waals surface area contributed by atoms with E-state index in [0.29, 0.717) is 0 Å². The van der Waals surface area contributed by atoms with Gasteiger partial charge in [0.15, 0.2) is 0 Å². The van der Waals surface area contributed by atoms with Gasteiger partial charge in [-0.3, -0.25) is 0 Å². The molecule has 1 atom stereocenters. The minimum absolute atomic E-state index is 0.600. The lowest BCUT2D eigenvalue weighted by Gasteiger charge is -2.39. The maximum absolute atomic E-state index is 2.55. The van der Waals surface area contributed by atoms with Gasteiger partial charge >= 0.3 is 0 Å². The molecule has 12 aromatic carbocycles. The van der Waals surface area contributed by atoms with Crippen LogP contribution in [0.2, 0.25) is 0 Å². The third-order valence-electron chi connectivity index (χ3n) is 17.1. The van der Waals surface area contributed by atoms with Gasteiger partial charge in [0.05, 0.1) is 33.2 Å². The Morgan fingerprint density at radius 2 is 0.803 bits per heavy atom. The lowest BCUT2D eigenvalue weighted by atomic mass is 9.65. The Balaban J connectivity index is 0.988. The molecule has 1 unspecified atom stereocenters. The largest absolute Gasteiger partial charge is 0.310 e. The molecule has 1 aliphatic heterocycles. The fourth-order valence-corrected chi connectivity index (χ4v) is 14.1. The molecule has 0 amide bonds. The molecular formula is C74H48N2. The first-order valence-electron chi connectivity index (χ1n) is 26.5. The van der Waals surface area contributed by atoms with Crippen molar-refractivity contribution < 1.29 is 0 Å². The first-order chi connectivity index (χ1) is 37.7. The third kappa shape index (κ3) is 5.76. The number of hydrogen-bond donors (Lipinski definition) is 0. The van der Waals surface area contributed by atoms with Gasteiger partial charge in [0.25, 0.3) is 0 Å². The molecular weight excluding hydrogens is 917 g/mol. The van der Waals surface area contributed by atoms with Crippen molar-refractivity contribution >= 4 is 38.9 Å². The van der Waals surface area contributed by atoms with Crippen molar-refractivity contribution in [1.82, 2.24) is 4.57 Å². The lowest BCUT2D eigenvalue weighted by Crippen LogP contribution is -2.33. The van der Waals surface area contributed by atoms with Gasteiger partial charge in [-0.05, 0) is 132 Å².